The molecule has 3 nitrogen and oxygen atoms in total. The summed E-state index contributed by atoms with van der Waals surface area (Å²) < 4.78 is 6.21. The fourth-order valence-electron chi connectivity index (χ4n) is 10.0. The SMILES string of the molecule is N#CCC1CC2C3CC(CC#N)C4C3C3C2C1C1C2OC2C4C13. The Hall–Kier alpha value is -1.06. The molecule has 12 atom stereocenters. The predicted octanol–water partition coefficient (Wildman–Crippen LogP) is 2.84. The molecule has 118 valence electrons. The van der Waals surface area contributed by atoms with Crippen molar-refractivity contribution in [3.05, 3.63) is 0 Å². The van der Waals surface area contributed by atoms with Crippen molar-refractivity contribution in [1.29, 1.82) is 10.5 Å². The Morgan fingerprint density at radius 3 is 1.61 bits per heavy atom. The van der Waals surface area contributed by atoms with Crippen LogP contribution in [0.25, 0.3) is 0 Å². The van der Waals surface area contributed by atoms with Crippen molar-refractivity contribution in [2.24, 2.45) is 71.0 Å². The minimum atomic E-state index is 0.545. The van der Waals surface area contributed by atoms with Gasteiger partial charge in [-0.05, 0) is 83.9 Å². The lowest BCUT2D eigenvalue weighted by molar-refractivity contribution is 0.104. The number of hydrogen-bond donors (Lipinski definition) is 0. The fraction of sp³-hybridized carbons (Fsp3) is 0.900. The van der Waals surface area contributed by atoms with E-state index in [1.54, 1.807) is 0 Å². The van der Waals surface area contributed by atoms with E-state index in [4.69, 9.17) is 4.74 Å². The van der Waals surface area contributed by atoms with Crippen LogP contribution in [0.15, 0.2) is 0 Å². The Labute approximate surface area is 137 Å². The third-order valence-electron chi connectivity index (χ3n) is 9.80. The standard InChI is InChI=1S/C20H22N2O/c21-3-1-7-5-9-10-6-8(2-4-22)12-14(10)15-13(9)11(7)17-16(15)18(12)20-19(17)23-20/h7-20H,1-2,5-6H2. The topological polar surface area (TPSA) is 60.1 Å². The molecule has 1 aliphatic heterocycles. The maximum absolute atomic E-state index is 9.32. The van der Waals surface area contributed by atoms with Gasteiger partial charge in [-0.15, -0.1) is 0 Å². The van der Waals surface area contributed by atoms with Crippen LogP contribution in [0.1, 0.15) is 25.7 Å². The molecule has 0 aromatic heterocycles. The second-order valence-corrected chi connectivity index (χ2v) is 9.73. The van der Waals surface area contributed by atoms with Gasteiger partial charge < -0.3 is 4.74 Å². The molecule has 1 heterocycles. The fourth-order valence-corrected chi connectivity index (χ4v) is 10.0. The molecule has 12 unspecified atom stereocenters. The highest BCUT2D eigenvalue weighted by molar-refractivity contribution is 5.30. The first-order chi connectivity index (χ1) is 11.3. The van der Waals surface area contributed by atoms with Crippen molar-refractivity contribution < 1.29 is 4.74 Å². The monoisotopic (exact) mass is 306 g/mol. The molecule has 0 amide bonds. The van der Waals surface area contributed by atoms with Crippen LogP contribution in [0, 0.1) is 93.7 Å². The van der Waals surface area contributed by atoms with E-state index in [0.717, 1.165) is 72.0 Å². The van der Waals surface area contributed by atoms with Gasteiger partial charge in [0.05, 0.1) is 24.3 Å². The predicted molar refractivity (Wildman–Crippen MR) is 80.2 cm³/mol. The van der Waals surface area contributed by atoms with Crippen LogP contribution < -0.4 is 0 Å². The number of fused-ring (bicyclic) bond motifs is 6. The number of nitriles is 2. The Morgan fingerprint density at radius 2 is 1.13 bits per heavy atom. The lowest BCUT2D eigenvalue weighted by atomic mass is 9.77. The molecule has 0 spiro atoms. The molecular weight excluding hydrogens is 284 g/mol. The van der Waals surface area contributed by atoms with E-state index in [2.05, 4.69) is 12.1 Å². The van der Waals surface area contributed by atoms with Crippen LogP contribution in [-0.2, 0) is 4.74 Å². The van der Waals surface area contributed by atoms with Gasteiger partial charge in [-0.25, -0.2) is 0 Å². The highest BCUT2D eigenvalue weighted by atomic mass is 16.6. The first-order valence-electron chi connectivity index (χ1n) is 9.74. The summed E-state index contributed by atoms with van der Waals surface area (Å²) in [6.45, 7) is 0. The summed E-state index contributed by atoms with van der Waals surface area (Å²) in [6.07, 6.45) is 5.28. The van der Waals surface area contributed by atoms with Gasteiger partial charge >= 0.3 is 0 Å². The Balaban J connectivity index is 1.39. The summed E-state index contributed by atoms with van der Waals surface area (Å²) >= 11 is 0. The average molecular weight is 306 g/mol. The normalized spacial score (nSPS) is 70.3. The molecule has 0 N–H and O–H groups in total. The van der Waals surface area contributed by atoms with Gasteiger partial charge in [-0.3, -0.25) is 0 Å². The van der Waals surface area contributed by atoms with Crippen LogP contribution in [0.2, 0.25) is 0 Å². The quantitative estimate of drug-likeness (QED) is 0.737. The van der Waals surface area contributed by atoms with Gasteiger partial charge in [0.2, 0.25) is 0 Å². The second-order valence-electron chi connectivity index (χ2n) is 9.73. The summed E-state index contributed by atoms with van der Waals surface area (Å²) in [4.78, 5) is 0. The molecular formula is C20H22N2O. The van der Waals surface area contributed by atoms with Crippen LogP contribution in [0.5, 0.6) is 0 Å². The van der Waals surface area contributed by atoms with Crippen molar-refractivity contribution in [2.45, 2.75) is 37.9 Å². The summed E-state index contributed by atoms with van der Waals surface area (Å²) in [6, 6.07) is 5.00. The zero-order valence-electron chi connectivity index (χ0n) is 13.2. The number of ether oxygens (including phenoxy) is 1. The summed E-state index contributed by atoms with van der Waals surface area (Å²) in [7, 11) is 0. The molecule has 0 radical (unpaired) electrons. The van der Waals surface area contributed by atoms with E-state index in [1.165, 1.54) is 12.8 Å². The van der Waals surface area contributed by atoms with E-state index in [-0.39, 0.29) is 0 Å². The Kier molecular flexibility index (Phi) is 1.94. The van der Waals surface area contributed by atoms with Crippen LogP contribution in [0.4, 0.5) is 0 Å². The summed E-state index contributed by atoms with van der Waals surface area (Å²) in [5.41, 5.74) is 0. The average Bonchev–Trinajstić information content (AvgIpc) is 2.95. The van der Waals surface area contributed by atoms with E-state index in [0.29, 0.717) is 24.0 Å². The molecule has 0 aromatic carbocycles. The minimum absolute atomic E-state index is 0.545. The minimum Gasteiger partial charge on any atom is -0.369 e. The second kappa shape index (κ2) is 3.62. The van der Waals surface area contributed by atoms with Gasteiger partial charge in [-0.2, -0.15) is 10.5 Å². The van der Waals surface area contributed by atoms with Crippen LogP contribution in [0.3, 0.4) is 0 Å². The zero-order valence-corrected chi connectivity index (χ0v) is 13.2. The van der Waals surface area contributed by atoms with E-state index in [9.17, 15) is 10.5 Å². The maximum atomic E-state index is 9.32. The number of epoxide rings is 1. The molecule has 6 saturated carbocycles. The lowest BCUT2D eigenvalue weighted by Gasteiger charge is -2.29. The maximum Gasteiger partial charge on any atom is 0.0878 e. The van der Waals surface area contributed by atoms with Crippen LogP contribution >= 0.6 is 0 Å². The molecule has 0 bridgehead atoms. The Morgan fingerprint density at radius 1 is 0.652 bits per heavy atom. The van der Waals surface area contributed by atoms with Gasteiger partial charge in [-0.1, -0.05) is 0 Å². The molecule has 23 heavy (non-hydrogen) atoms. The zero-order chi connectivity index (χ0) is 15.0. The third kappa shape index (κ3) is 1.09. The highest BCUT2D eigenvalue weighted by Gasteiger charge is 2.83. The lowest BCUT2D eigenvalue weighted by Crippen LogP contribution is -2.27. The van der Waals surface area contributed by atoms with E-state index >= 15 is 0 Å². The van der Waals surface area contributed by atoms with Crippen LogP contribution in [-0.4, -0.2) is 12.2 Å². The number of rotatable bonds is 2. The van der Waals surface area contributed by atoms with E-state index < -0.39 is 0 Å². The number of nitrogens with zero attached hydrogens (tertiary/aromatic N) is 2. The first-order valence-corrected chi connectivity index (χ1v) is 9.74. The van der Waals surface area contributed by atoms with Gasteiger partial charge in [0.1, 0.15) is 0 Å². The third-order valence-corrected chi connectivity index (χ3v) is 9.80. The molecule has 7 rings (SSSR count). The van der Waals surface area contributed by atoms with Gasteiger partial charge in [0.25, 0.3) is 0 Å². The van der Waals surface area contributed by atoms with Crippen molar-refractivity contribution in [3.8, 4) is 12.1 Å². The molecule has 6 aliphatic carbocycles. The van der Waals surface area contributed by atoms with Gasteiger partial charge in [0.15, 0.2) is 0 Å². The van der Waals surface area contributed by atoms with Crippen molar-refractivity contribution in [1.82, 2.24) is 0 Å². The largest absolute Gasteiger partial charge is 0.369 e. The van der Waals surface area contributed by atoms with Crippen molar-refractivity contribution >= 4 is 0 Å². The van der Waals surface area contributed by atoms with Crippen molar-refractivity contribution in [2.75, 3.05) is 0 Å². The molecule has 3 heteroatoms. The summed E-state index contributed by atoms with van der Waals surface area (Å²) in [5, 5.41) is 18.6. The van der Waals surface area contributed by atoms with E-state index in [1.807, 2.05) is 0 Å². The van der Waals surface area contributed by atoms with Crippen molar-refractivity contribution in [3.63, 3.8) is 0 Å². The number of hydrogen-bond acceptors (Lipinski definition) is 3. The summed E-state index contributed by atoms with van der Waals surface area (Å²) in [5.74, 6) is 10.0. The first kappa shape index (κ1) is 12.3. The smallest absolute Gasteiger partial charge is 0.0878 e. The molecule has 7 aliphatic rings. The highest BCUT2D eigenvalue weighted by Crippen LogP contribution is 2.84. The molecule has 7 fully saturated rings. The molecule has 0 aromatic rings. The van der Waals surface area contributed by atoms with Gasteiger partial charge in [0, 0.05) is 12.8 Å². The Bertz CT molecular complexity index is 635. The molecule has 1 saturated heterocycles.